The third-order valence-electron chi connectivity index (χ3n) is 4.11. The maximum atomic E-state index is 13.4. The molecular weight excluding hydrogens is 300 g/mol. The molecule has 7 heteroatoms. The molecule has 4 nitrogen and oxygen atoms in total. The molecule has 116 valence electrons. The van der Waals surface area contributed by atoms with Crippen molar-refractivity contribution in [2.24, 2.45) is 5.92 Å². The zero-order valence-electron chi connectivity index (χ0n) is 11.6. The quantitative estimate of drug-likeness (QED) is 0.857. The highest BCUT2D eigenvalue weighted by molar-refractivity contribution is 7.89. The lowest BCUT2D eigenvalue weighted by atomic mass is 9.93. The third-order valence-corrected chi connectivity index (χ3v) is 5.98. The van der Waals surface area contributed by atoms with Crippen LogP contribution in [0.1, 0.15) is 12.0 Å². The van der Waals surface area contributed by atoms with Crippen molar-refractivity contribution >= 4 is 10.0 Å². The largest absolute Gasteiger partial charge is 0.365 e. The smallest absolute Gasteiger partial charge is 0.296 e. The van der Waals surface area contributed by atoms with Gasteiger partial charge in [-0.1, -0.05) is 12.1 Å². The molecule has 0 saturated carbocycles. The monoisotopic (exact) mass is 317 g/mol. The molecule has 21 heavy (non-hydrogen) atoms. The van der Waals surface area contributed by atoms with Crippen LogP contribution in [0.15, 0.2) is 29.2 Å². The van der Waals surface area contributed by atoms with Gasteiger partial charge in [0.15, 0.2) is 0 Å². The molecule has 1 aromatic carbocycles. The van der Waals surface area contributed by atoms with Crippen molar-refractivity contribution in [2.45, 2.75) is 30.3 Å². The molecule has 2 saturated heterocycles. The summed E-state index contributed by atoms with van der Waals surface area (Å²) < 4.78 is 58.0. The van der Waals surface area contributed by atoms with E-state index in [0.717, 1.165) is 5.56 Å². The van der Waals surface area contributed by atoms with Crippen LogP contribution in [0.2, 0.25) is 0 Å². The summed E-state index contributed by atoms with van der Waals surface area (Å²) in [4.78, 5) is 0.212. The van der Waals surface area contributed by atoms with Gasteiger partial charge in [0.25, 0.3) is 5.92 Å². The van der Waals surface area contributed by atoms with Gasteiger partial charge in [0.05, 0.1) is 4.90 Å². The summed E-state index contributed by atoms with van der Waals surface area (Å²) in [5.74, 6) is -3.26. The second kappa shape index (κ2) is 5.00. The molecule has 1 aromatic rings. The van der Waals surface area contributed by atoms with Crippen molar-refractivity contribution in [3.05, 3.63) is 29.8 Å². The Balaban J connectivity index is 1.76. The second-order valence-corrected chi connectivity index (χ2v) is 7.66. The summed E-state index contributed by atoms with van der Waals surface area (Å²) in [7, 11) is -3.62. The Morgan fingerprint density at radius 2 is 2.14 bits per heavy atom. The van der Waals surface area contributed by atoms with E-state index in [1.807, 2.05) is 13.0 Å². The van der Waals surface area contributed by atoms with Crippen LogP contribution >= 0.6 is 0 Å². The van der Waals surface area contributed by atoms with Crippen LogP contribution in [0.5, 0.6) is 0 Å². The lowest BCUT2D eigenvalue weighted by Crippen LogP contribution is -2.56. The number of benzene rings is 1. The van der Waals surface area contributed by atoms with E-state index < -0.39 is 34.6 Å². The Labute approximate surface area is 122 Å². The Morgan fingerprint density at radius 1 is 1.38 bits per heavy atom. The lowest BCUT2D eigenvalue weighted by Gasteiger charge is -2.39. The van der Waals surface area contributed by atoms with E-state index >= 15 is 0 Å². The standard InChI is InChI=1S/C14H17F2NO3S/c1-10-3-2-4-12(7-10)21(18,19)17-6-5-11(8-17)13-14(15,16)9-20-13/h2-4,7,11,13H,5-6,8-9H2,1H3. The first-order valence-corrected chi connectivity index (χ1v) is 8.31. The summed E-state index contributed by atoms with van der Waals surface area (Å²) in [6, 6.07) is 6.62. The second-order valence-electron chi connectivity index (χ2n) is 5.72. The zero-order valence-corrected chi connectivity index (χ0v) is 12.4. The Kier molecular flexibility index (Phi) is 3.54. The lowest BCUT2D eigenvalue weighted by molar-refractivity contribution is -0.279. The molecule has 2 heterocycles. The van der Waals surface area contributed by atoms with Crippen LogP contribution in [0, 0.1) is 12.8 Å². The summed E-state index contributed by atoms with van der Waals surface area (Å²) in [6.07, 6.45) is -0.735. The topological polar surface area (TPSA) is 46.6 Å². The minimum absolute atomic E-state index is 0.0938. The predicted molar refractivity (Wildman–Crippen MR) is 72.7 cm³/mol. The van der Waals surface area contributed by atoms with Crippen LogP contribution in [0.25, 0.3) is 0 Å². The summed E-state index contributed by atoms with van der Waals surface area (Å²) in [5, 5.41) is 0. The highest BCUT2D eigenvalue weighted by Gasteiger charge is 2.55. The fraction of sp³-hybridized carbons (Fsp3) is 0.571. The number of ether oxygens (including phenoxy) is 1. The Bertz CT molecular complexity index is 647. The number of nitrogens with zero attached hydrogens (tertiary/aromatic N) is 1. The van der Waals surface area contributed by atoms with E-state index in [1.54, 1.807) is 12.1 Å². The van der Waals surface area contributed by atoms with Gasteiger partial charge in [-0.3, -0.25) is 0 Å². The van der Waals surface area contributed by atoms with E-state index in [-0.39, 0.29) is 18.0 Å². The van der Waals surface area contributed by atoms with Crippen LogP contribution in [0.3, 0.4) is 0 Å². The van der Waals surface area contributed by atoms with E-state index in [1.165, 1.54) is 10.4 Å². The molecule has 0 aromatic heterocycles. The number of hydrogen-bond donors (Lipinski definition) is 0. The van der Waals surface area contributed by atoms with Crippen molar-refractivity contribution < 1.29 is 21.9 Å². The molecule has 3 rings (SSSR count). The molecule has 2 aliphatic heterocycles. The van der Waals surface area contributed by atoms with E-state index in [9.17, 15) is 17.2 Å². The Hall–Kier alpha value is -1.05. The number of rotatable bonds is 3. The number of aryl methyl sites for hydroxylation is 1. The first kappa shape index (κ1) is 14.9. The number of alkyl halides is 2. The maximum absolute atomic E-state index is 13.4. The molecule has 0 amide bonds. The van der Waals surface area contributed by atoms with Gasteiger partial charge in [0.1, 0.15) is 12.7 Å². The molecule has 0 bridgehead atoms. The first-order valence-electron chi connectivity index (χ1n) is 6.87. The Morgan fingerprint density at radius 3 is 2.71 bits per heavy atom. The van der Waals surface area contributed by atoms with Crippen molar-refractivity contribution in [1.29, 1.82) is 0 Å². The minimum atomic E-state index is -3.62. The van der Waals surface area contributed by atoms with Gasteiger partial charge in [-0.15, -0.1) is 0 Å². The highest BCUT2D eigenvalue weighted by Crippen LogP contribution is 2.40. The highest BCUT2D eigenvalue weighted by atomic mass is 32.2. The van der Waals surface area contributed by atoms with Gasteiger partial charge in [-0.05, 0) is 31.0 Å². The van der Waals surface area contributed by atoms with Gasteiger partial charge >= 0.3 is 0 Å². The molecular formula is C14H17F2NO3S. The average Bonchev–Trinajstić information content (AvgIpc) is 2.87. The number of hydrogen-bond acceptors (Lipinski definition) is 3. The SMILES string of the molecule is Cc1cccc(S(=O)(=O)N2CCC(C3OCC3(F)F)C2)c1. The van der Waals surface area contributed by atoms with Crippen LogP contribution in [0.4, 0.5) is 8.78 Å². The van der Waals surface area contributed by atoms with Gasteiger partial charge < -0.3 is 4.74 Å². The molecule has 2 fully saturated rings. The van der Waals surface area contributed by atoms with Crippen molar-refractivity contribution in [1.82, 2.24) is 4.31 Å². The average molecular weight is 317 g/mol. The van der Waals surface area contributed by atoms with Crippen molar-refractivity contribution in [3.8, 4) is 0 Å². The molecule has 2 unspecified atom stereocenters. The van der Waals surface area contributed by atoms with E-state index in [4.69, 9.17) is 4.74 Å². The van der Waals surface area contributed by atoms with E-state index in [0.29, 0.717) is 6.42 Å². The van der Waals surface area contributed by atoms with Crippen LogP contribution in [-0.2, 0) is 14.8 Å². The fourth-order valence-electron chi connectivity index (χ4n) is 2.93. The number of sulfonamides is 1. The molecule has 0 radical (unpaired) electrons. The zero-order chi connectivity index (χ0) is 15.3. The van der Waals surface area contributed by atoms with Crippen LogP contribution < -0.4 is 0 Å². The van der Waals surface area contributed by atoms with Crippen LogP contribution in [-0.4, -0.2) is 44.4 Å². The molecule has 0 spiro atoms. The predicted octanol–water partition coefficient (Wildman–Crippen LogP) is 2.04. The molecule has 2 aliphatic rings. The normalized spacial score (nSPS) is 29.3. The van der Waals surface area contributed by atoms with E-state index in [2.05, 4.69) is 0 Å². The summed E-state index contributed by atoms with van der Waals surface area (Å²) in [5.41, 5.74) is 0.848. The molecule has 0 N–H and O–H groups in total. The minimum Gasteiger partial charge on any atom is -0.365 e. The summed E-state index contributed by atoms with van der Waals surface area (Å²) >= 11 is 0. The van der Waals surface area contributed by atoms with Crippen molar-refractivity contribution in [3.63, 3.8) is 0 Å². The van der Waals surface area contributed by atoms with Gasteiger partial charge in [0, 0.05) is 19.0 Å². The maximum Gasteiger partial charge on any atom is 0.296 e. The number of halogens is 2. The summed E-state index contributed by atoms with van der Waals surface area (Å²) in [6.45, 7) is 1.61. The first-order chi connectivity index (χ1) is 9.80. The molecule has 2 atom stereocenters. The van der Waals surface area contributed by atoms with Gasteiger partial charge in [0.2, 0.25) is 10.0 Å². The fourth-order valence-corrected chi connectivity index (χ4v) is 4.55. The molecule has 0 aliphatic carbocycles. The third kappa shape index (κ3) is 2.58. The van der Waals surface area contributed by atoms with Gasteiger partial charge in [-0.2, -0.15) is 4.31 Å². The van der Waals surface area contributed by atoms with Gasteiger partial charge in [-0.25, -0.2) is 17.2 Å². The van der Waals surface area contributed by atoms with Crippen molar-refractivity contribution in [2.75, 3.05) is 19.7 Å².